The van der Waals surface area contributed by atoms with Gasteiger partial charge in [0.05, 0.1) is 16.4 Å². The van der Waals surface area contributed by atoms with Crippen LogP contribution in [0, 0.1) is 44.8 Å². The first kappa shape index (κ1) is 31.8. The number of allylic oxidation sites excluding steroid dienone is 4. The molecule has 0 saturated heterocycles. The third-order valence-corrected chi connectivity index (χ3v) is 12.5. The molecule has 0 radical (unpaired) electrons. The smallest absolute Gasteiger partial charge is 0.184 e. The first-order chi connectivity index (χ1) is 19.8. The van der Waals surface area contributed by atoms with Crippen LogP contribution < -0.4 is 0 Å². The van der Waals surface area contributed by atoms with Crippen LogP contribution in [-0.4, -0.2) is 33.8 Å². The molecule has 1 aromatic rings. The maximum absolute atomic E-state index is 15.5. The normalized spacial score (nSPS) is 36.0. The highest BCUT2D eigenvalue weighted by Gasteiger charge is 2.86. The van der Waals surface area contributed by atoms with E-state index in [1.54, 1.807) is 38.1 Å². The topological polar surface area (TPSA) is 88.5 Å². The minimum Gasteiger partial charge on any atom is -0.390 e. The molecule has 6 rings (SSSR count). The SMILES string of the molecule is CC(C)=CCCC(C)=CC[C@]12C[C@@H]3C[C@@H]4C(C)(C)[C@H](C(C)(C)O)C[C@@]4(C1=O)C(=O)[C@](C(=O)c1ccccc1)(C2=O)C3(C)C. The van der Waals surface area contributed by atoms with Crippen molar-refractivity contribution in [1.82, 2.24) is 0 Å². The number of rotatable bonds is 8. The van der Waals surface area contributed by atoms with Crippen molar-refractivity contribution in [3.05, 3.63) is 59.2 Å². The van der Waals surface area contributed by atoms with Gasteiger partial charge in [-0.3, -0.25) is 19.2 Å². The fourth-order valence-corrected chi connectivity index (χ4v) is 10.2. The predicted molar refractivity (Wildman–Crippen MR) is 168 cm³/mol. The van der Waals surface area contributed by atoms with Crippen molar-refractivity contribution in [1.29, 1.82) is 0 Å². The molecule has 0 unspecified atom stereocenters. The summed E-state index contributed by atoms with van der Waals surface area (Å²) in [6, 6.07) is 8.69. The molecule has 43 heavy (non-hydrogen) atoms. The molecular weight excluding hydrogens is 536 g/mol. The summed E-state index contributed by atoms with van der Waals surface area (Å²) in [5.41, 5.74) is -4.92. The van der Waals surface area contributed by atoms with E-state index in [1.165, 1.54) is 5.57 Å². The molecule has 0 heterocycles. The molecule has 5 heteroatoms. The van der Waals surface area contributed by atoms with E-state index < -0.39 is 50.0 Å². The molecule has 6 atom stereocenters. The Balaban J connectivity index is 1.78. The van der Waals surface area contributed by atoms with Gasteiger partial charge in [-0.1, -0.05) is 81.3 Å². The number of benzene rings is 1. The average molecular weight is 587 g/mol. The summed E-state index contributed by atoms with van der Waals surface area (Å²) in [4.78, 5) is 60.8. The number of ketones is 4. The van der Waals surface area contributed by atoms with E-state index >= 15 is 14.4 Å². The van der Waals surface area contributed by atoms with E-state index in [0.29, 0.717) is 18.4 Å². The van der Waals surface area contributed by atoms with Crippen molar-refractivity contribution in [2.75, 3.05) is 0 Å². The van der Waals surface area contributed by atoms with Crippen LogP contribution in [-0.2, 0) is 14.4 Å². The van der Waals surface area contributed by atoms with Crippen molar-refractivity contribution in [2.24, 2.45) is 44.8 Å². The highest BCUT2D eigenvalue weighted by molar-refractivity contribution is 6.42. The van der Waals surface area contributed by atoms with E-state index in [2.05, 4.69) is 33.8 Å². The van der Waals surface area contributed by atoms with Crippen molar-refractivity contribution >= 4 is 23.1 Å². The van der Waals surface area contributed by atoms with E-state index in [1.807, 2.05) is 32.9 Å². The highest BCUT2D eigenvalue weighted by Crippen LogP contribution is 2.77. The van der Waals surface area contributed by atoms with Crippen LogP contribution in [0.15, 0.2) is 53.6 Å². The quantitative estimate of drug-likeness (QED) is 0.193. The van der Waals surface area contributed by atoms with Gasteiger partial charge in [0.2, 0.25) is 0 Å². The molecule has 0 aromatic heterocycles. The lowest BCUT2D eigenvalue weighted by atomic mass is 9.37. The Labute approximate surface area is 257 Å². The Kier molecular flexibility index (Phi) is 7.33. The fraction of sp³-hybridized carbons (Fsp3) is 0.632. The average Bonchev–Trinajstić information content (AvgIpc) is 3.07. The largest absolute Gasteiger partial charge is 0.390 e. The summed E-state index contributed by atoms with van der Waals surface area (Å²) in [5.74, 6) is -2.67. The highest BCUT2D eigenvalue weighted by atomic mass is 16.3. The molecule has 5 aliphatic carbocycles. The van der Waals surface area contributed by atoms with Gasteiger partial charge in [-0.25, -0.2) is 0 Å². The van der Waals surface area contributed by atoms with Gasteiger partial charge in [0, 0.05) is 5.56 Å². The Morgan fingerprint density at radius 3 is 2.14 bits per heavy atom. The number of carbonyl (C=O) groups is 4. The van der Waals surface area contributed by atoms with Crippen LogP contribution in [0.25, 0.3) is 0 Å². The van der Waals surface area contributed by atoms with E-state index in [0.717, 1.165) is 18.4 Å². The van der Waals surface area contributed by atoms with Crippen LogP contribution >= 0.6 is 0 Å². The van der Waals surface area contributed by atoms with Crippen molar-refractivity contribution in [3.8, 4) is 0 Å². The van der Waals surface area contributed by atoms with E-state index in [9.17, 15) is 9.90 Å². The number of hydrogen-bond donors (Lipinski definition) is 1. The number of aliphatic hydroxyl groups is 1. The molecule has 0 aliphatic heterocycles. The van der Waals surface area contributed by atoms with Crippen LogP contribution in [0.4, 0.5) is 0 Å². The summed E-state index contributed by atoms with van der Waals surface area (Å²) in [7, 11) is 0. The molecule has 1 spiro atoms. The number of Topliss-reactive ketones (excluding diaryl/α,β-unsaturated/α-hetero) is 4. The summed E-state index contributed by atoms with van der Waals surface area (Å²) in [6.45, 7) is 17.7. The summed E-state index contributed by atoms with van der Waals surface area (Å²) in [6.07, 6.45) is 7.19. The lowest BCUT2D eigenvalue weighted by Gasteiger charge is -2.60. The lowest BCUT2D eigenvalue weighted by molar-refractivity contribution is -0.181. The molecule has 5 fully saturated rings. The first-order valence-electron chi connectivity index (χ1n) is 16.1. The molecule has 4 bridgehead atoms. The van der Waals surface area contributed by atoms with Gasteiger partial charge in [-0.05, 0) is 102 Å². The minimum atomic E-state index is -1.96. The maximum atomic E-state index is 15.5. The molecular formula is C38H50O5. The fourth-order valence-electron chi connectivity index (χ4n) is 10.2. The summed E-state index contributed by atoms with van der Waals surface area (Å²) >= 11 is 0. The third-order valence-electron chi connectivity index (χ3n) is 12.5. The Morgan fingerprint density at radius 2 is 1.56 bits per heavy atom. The van der Waals surface area contributed by atoms with Crippen molar-refractivity contribution < 1.29 is 24.3 Å². The maximum Gasteiger partial charge on any atom is 0.184 e. The van der Waals surface area contributed by atoms with E-state index in [4.69, 9.17) is 0 Å². The zero-order valence-corrected chi connectivity index (χ0v) is 27.6. The second-order valence-corrected chi connectivity index (χ2v) is 16.2. The summed E-state index contributed by atoms with van der Waals surface area (Å²) < 4.78 is 0. The Morgan fingerprint density at radius 1 is 0.930 bits per heavy atom. The zero-order valence-electron chi connectivity index (χ0n) is 27.6. The molecule has 232 valence electrons. The van der Waals surface area contributed by atoms with Gasteiger partial charge in [0.25, 0.3) is 0 Å². The first-order valence-corrected chi connectivity index (χ1v) is 16.1. The van der Waals surface area contributed by atoms with Gasteiger partial charge in [0.15, 0.2) is 28.5 Å². The van der Waals surface area contributed by atoms with Gasteiger partial charge in [-0.15, -0.1) is 0 Å². The van der Waals surface area contributed by atoms with Crippen LogP contribution in [0.3, 0.4) is 0 Å². The van der Waals surface area contributed by atoms with Crippen molar-refractivity contribution in [2.45, 2.75) is 106 Å². The lowest BCUT2D eigenvalue weighted by Crippen LogP contribution is -2.75. The van der Waals surface area contributed by atoms with E-state index in [-0.39, 0.29) is 36.4 Å². The third kappa shape index (κ3) is 4.05. The molecule has 1 N–H and O–H groups in total. The molecule has 5 aliphatic rings. The number of carbonyl (C=O) groups excluding carboxylic acids is 4. The number of hydrogen-bond acceptors (Lipinski definition) is 5. The Hall–Kier alpha value is -2.66. The standard InChI is InChI=1S/C38H50O5/c1-23(2)14-13-15-24(3)18-19-36-21-26-20-27-33(4,5)28(35(8,9)43)22-37(27,30(36)40)32(42)38(31(36)41,34(26,6)7)29(39)25-16-11-10-12-17-25/h10-12,14,16-18,26-28,43H,13,15,19-22H2,1-9H3/t26-,27+,28+,36-,37+,38-/m0/s1. The van der Waals surface area contributed by atoms with Crippen molar-refractivity contribution in [3.63, 3.8) is 0 Å². The van der Waals surface area contributed by atoms with Gasteiger partial charge in [0.1, 0.15) is 0 Å². The minimum absolute atomic E-state index is 0.163. The van der Waals surface area contributed by atoms with Gasteiger partial charge < -0.3 is 5.11 Å². The molecule has 0 amide bonds. The predicted octanol–water partition coefficient (Wildman–Crippen LogP) is 7.52. The van der Waals surface area contributed by atoms with Crippen LogP contribution in [0.2, 0.25) is 0 Å². The van der Waals surface area contributed by atoms with Crippen LogP contribution in [0.1, 0.15) is 111 Å². The molecule has 1 aromatic carbocycles. The van der Waals surface area contributed by atoms with Crippen LogP contribution in [0.5, 0.6) is 0 Å². The van der Waals surface area contributed by atoms with Gasteiger partial charge >= 0.3 is 0 Å². The molecule has 5 saturated carbocycles. The summed E-state index contributed by atoms with van der Waals surface area (Å²) in [5, 5.41) is 11.4. The van der Waals surface area contributed by atoms with Gasteiger partial charge in [-0.2, -0.15) is 0 Å². The second-order valence-electron chi connectivity index (χ2n) is 16.2. The second kappa shape index (κ2) is 9.92. The molecule has 5 nitrogen and oxygen atoms in total. The zero-order chi connectivity index (χ0) is 32.0. The Bertz CT molecular complexity index is 1430. The monoisotopic (exact) mass is 586 g/mol.